The lowest BCUT2D eigenvalue weighted by atomic mass is 10.1. The summed E-state index contributed by atoms with van der Waals surface area (Å²) in [5.74, 6) is 0.858. The summed E-state index contributed by atoms with van der Waals surface area (Å²) < 4.78 is 5.37. The summed E-state index contributed by atoms with van der Waals surface area (Å²) in [5, 5.41) is 4.24. The second-order valence-corrected chi connectivity index (χ2v) is 6.15. The van der Waals surface area contributed by atoms with Crippen molar-refractivity contribution in [2.45, 2.75) is 24.4 Å². The summed E-state index contributed by atoms with van der Waals surface area (Å²) in [5.41, 5.74) is 2.34. The topological polar surface area (TPSA) is 21.3 Å². The smallest absolute Gasteiger partial charge is 0.123 e. The fourth-order valence-corrected chi connectivity index (χ4v) is 2.76. The molecule has 0 aliphatic heterocycles. The molecule has 0 radical (unpaired) electrons. The molecule has 2 nitrogen and oxygen atoms in total. The van der Waals surface area contributed by atoms with E-state index in [0.29, 0.717) is 0 Å². The van der Waals surface area contributed by atoms with E-state index >= 15 is 0 Å². The van der Waals surface area contributed by atoms with Gasteiger partial charge in [0.2, 0.25) is 0 Å². The Balaban J connectivity index is 2.03. The van der Waals surface area contributed by atoms with E-state index in [0.717, 1.165) is 22.9 Å². The predicted molar refractivity (Wildman–Crippen MR) is 91.5 cm³/mol. The summed E-state index contributed by atoms with van der Waals surface area (Å²) in [6, 6.07) is 14.6. The molecule has 0 amide bonds. The summed E-state index contributed by atoms with van der Waals surface area (Å²) in [7, 11) is 1.68. The second kappa shape index (κ2) is 7.74. The van der Waals surface area contributed by atoms with Crippen LogP contribution in [0.4, 0.5) is 0 Å². The van der Waals surface area contributed by atoms with Crippen molar-refractivity contribution in [3.63, 3.8) is 0 Å². The molecular weight excluding hydrogens is 302 g/mol. The van der Waals surface area contributed by atoms with E-state index in [1.807, 2.05) is 18.2 Å². The molecule has 0 aromatic heterocycles. The van der Waals surface area contributed by atoms with E-state index in [4.69, 9.17) is 16.3 Å². The van der Waals surface area contributed by atoms with Crippen molar-refractivity contribution < 1.29 is 4.74 Å². The second-order valence-electron chi connectivity index (χ2n) is 4.83. The Kier molecular flexibility index (Phi) is 5.97. The molecule has 2 aromatic rings. The van der Waals surface area contributed by atoms with Gasteiger partial charge in [-0.1, -0.05) is 23.7 Å². The maximum atomic E-state index is 6.05. The fourth-order valence-electron chi connectivity index (χ4n) is 2.16. The van der Waals surface area contributed by atoms with Gasteiger partial charge in [-0.15, -0.1) is 11.8 Å². The molecule has 0 bridgehead atoms. The molecule has 112 valence electrons. The zero-order chi connectivity index (χ0) is 15.2. The Morgan fingerprint density at radius 3 is 2.52 bits per heavy atom. The van der Waals surface area contributed by atoms with Crippen molar-refractivity contribution in [2.24, 2.45) is 0 Å². The Labute approximate surface area is 135 Å². The maximum absolute atomic E-state index is 6.05. The lowest BCUT2D eigenvalue weighted by Crippen LogP contribution is -2.18. The molecule has 1 N–H and O–H groups in total. The number of thioether (sulfide) groups is 1. The first kappa shape index (κ1) is 16.2. The highest BCUT2D eigenvalue weighted by atomic mass is 35.5. The number of benzene rings is 2. The first-order valence-corrected chi connectivity index (χ1v) is 8.44. The van der Waals surface area contributed by atoms with Gasteiger partial charge in [0.25, 0.3) is 0 Å². The van der Waals surface area contributed by atoms with Crippen LogP contribution in [0.25, 0.3) is 0 Å². The summed E-state index contributed by atoms with van der Waals surface area (Å²) in [6.45, 7) is 2.88. The van der Waals surface area contributed by atoms with Gasteiger partial charge in [-0.25, -0.2) is 0 Å². The quantitative estimate of drug-likeness (QED) is 0.763. The minimum atomic E-state index is 0.268. The number of methoxy groups -OCH3 is 1. The zero-order valence-corrected chi connectivity index (χ0v) is 14.1. The molecule has 0 heterocycles. The molecule has 2 aromatic carbocycles. The van der Waals surface area contributed by atoms with Gasteiger partial charge in [0.05, 0.1) is 7.11 Å². The van der Waals surface area contributed by atoms with Gasteiger partial charge in [0, 0.05) is 28.1 Å². The van der Waals surface area contributed by atoms with E-state index in [-0.39, 0.29) is 6.04 Å². The van der Waals surface area contributed by atoms with Gasteiger partial charge in [-0.3, -0.25) is 0 Å². The van der Waals surface area contributed by atoms with Crippen LogP contribution in [0.1, 0.15) is 24.1 Å². The van der Waals surface area contributed by atoms with Crippen molar-refractivity contribution >= 4 is 23.4 Å². The fraction of sp³-hybridized carbons (Fsp3) is 0.294. The van der Waals surface area contributed by atoms with E-state index in [9.17, 15) is 0 Å². The van der Waals surface area contributed by atoms with Crippen LogP contribution in [-0.2, 0) is 6.54 Å². The molecule has 0 spiro atoms. The molecule has 2 rings (SSSR count). The van der Waals surface area contributed by atoms with E-state index < -0.39 is 0 Å². The van der Waals surface area contributed by atoms with Crippen LogP contribution < -0.4 is 10.1 Å². The number of halogens is 1. The first-order valence-electron chi connectivity index (χ1n) is 6.83. The molecule has 0 aliphatic carbocycles. The minimum Gasteiger partial charge on any atom is -0.496 e. The molecule has 0 saturated carbocycles. The SMILES string of the molecule is COc1ccc(Cl)cc1CNC(C)c1ccc(SC)cc1. The maximum Gasteiger partial charge on any atom is 0.123 e. The van der Waals surface area contributed by atoms with Gasteiger partial charge in [-0.2, -0.15) is 0 Å². The summed E-state index contributed by atoms with van der Waals surface area (Å²) >= 11 is 7.81. The number of hydrogen-bond donors (Lipinski definition) is 1. The largest absolute Gasteiger partial charge is 0.496 e. The number of rotatable bonds is 6. The van der Waals surface area contributed by atoms with E-state index in [1.54, 1.807) is 18.9 Å². The molecule has 4 heteroatoms. The third-order valence-electron chi connectivity index (χ3n) is 3.46. The van der Waals surface area contributed by atoms with Crippen LogP contribution in [0.2, 0.25) is 5.02 Å². The standard InChI is InChI=1S/C17H20ClNOS/c1-12(13-4-7-16(21-3)8-5-13)19-11-14-10-15(18)6-9-17(14)20-2/h4-10,12,19H,11H2,1-3H3. The minimum absolute atomic E-state index is 0.268. The summed E-state index contributed by atoms with van der Waals surface area (Å²) in [6.07, 6.45) is 2.09. The highest BCUT2D eigenvalue weighted by molar-refractivity contribution is 7.98. The molecule has 21 heavy (non-hydrogen) atoms. The normalized spacial score (nSPS) is 12.2. The summed E-state index contributed by atoms with van der Waals surface area (Å²) in [4.78, 5) is 1.28. The van der Waals surface area contributed by atoms with Crippen molar-refractivity contribution in [1.29, 1.82) is 0 Å². The molecule has 0 aliphatic rings. The zero-order valence-electron chi connectivity index (χ0n) is 12.5. The third-order valence-corrected chi connectivity index (χ3v) is 4.44. The molecule has 1 unspecified atom stereocenters. The van der Waals surface area contributed by atoms with Gasteiger partial charge < -0.3 is 10.1 Å². The molecule has 1 atom stereocenters. The van der Waals surface area contributed by atoms with Crippen molar-refractivity contribution in [3.05, 3.63) is 58.6 Å². The molecule has 0 fully saturated rings. The average molecular weight is 322 g/mol. The Bertz CT molecular complexity index is 586. The average Bonchev–Trinajstić information content (AvgIpc) is 2.52. The lowest BCUT2D eigenvalue weighted by molar-refractivity contribution is 0.406. The first-order chi connectivity index (χ1) is 10.1. The lowest BCUT2D eigenvalue weighted by Gasteiger charge is -2.16. The number of nitrogens with one attached hydrogen (secondary N) is 1. The van der Waals surface area contributed by atoms with Crippen LogP contribution in [0.5, 0.6) is 5.75 Å². The van der Waals surface area contributed by atoms with Crippen molar-refractivity contribution in [1.82, 2.24) is 5.32 Å². The monoisotopic (exact) mass is 321 g/mol. The molecule has 0 saturated heterocycles. The van der Waals surface area contributed by atoms with Crippen LogP contribution in [0.15, 0.2) is 47.4 Å². The van der Waals surface area contributed by atoms with Crippen LogP contribution in [0, 0.1) is 0 Å². The highest BCUT2D eigenvalue weighted by Crippen LogP contribution is 2.24. The molecular formula is C17H20ClNOS. The van der Waals surface area contributed by atoms with Crippen LogP contribution in [0.3, 0.4) is 0 Å². The van der Waals surface area contributed by atoms with E-state index in [1.165, 1.54) is 10.5 Å². The van der Waals surface area contributed by atoms with Crippen molar-refractivity contribution in [2.75, 3.05) is 13.4 Å². The van der Waals surface area contributed by atoms with Crippen LogP contribution in [-0.4, -0.2) is 13.4 Å². The Morgan fingerprint density at radius 2 is 1.90 bits per heavy atom. The number of ether oxygens (including phenoxy) is 1. The van der Waals surface area contributed by atoms with Crippen LogP contribution >= 0.6 is 23.4 Å². The predicted octanol–water partition coefficient (Wildman–Crippen LogP) is 4.92. The van der Waals surface area contributed by atoms with Crippen molar-refractivity contribution in [3.8, 4) is 5.75 Å². The number of hydrogen-bond acceptors (Lipinski definition) is 3. The van der Waals surface area contributed by atoms with Gasteiger partial charge >= 0.3 is 0 Å². The highest BCUT2D eigenvalue weighted by Gasteiger charge is 2.08. The third kappa shape index (κ3) is 4.40. The Morgan fingerprint density at radius 1 is 1.19 bits per heavy atom. The van der Waals surface area contributed by atoms with Gasteiger partial charge in [-0.05, 0) is 49.1 Å². The van der Waals surface area contributed by atoms with Gasteiger partial charge in [0.15, 0.2) is 0 Å². The Hall–Kier alpha value is -1.16. The van der Waals surface area contributed by atoms with E-state index in [2.05, 4.69) is 42.8 Å². The van der Waals surface area contributed by atoms with Gasteiger partial charge in [0.1, 0.15) is 5.75 Å².